The molecule has 2 rings (SSSR count). The van der Waals surface area contributed by atoms with Crippen molar-refractivity contribution in [2.75, 3.05) is 7.05 Å². The summed E-state index contributed by atoms with van der Waals surface area (Å²) in [7, 11) is 1.76. The van der Waals surface area contributed by atoms with E-state index >= 15 is 0 Å². The number of nitrogens with two attached hydrogens (primary N) is 1. The zero-order valence-electron chi connectivity index (χ0n) is 11.6. The highest BCUT2D eigenvalue weighted by atomic mass is 16.3. The fraction of sp³-hybridized carbons (Fsp3) is 0.400. The van der Waals surface area contributed by atoms with Crippen LogP contribution in [0.2, 0.25) is 0 Å². The van der Waals surface area contributed by atoms with Gasteiger partial charge in [0.15, 0.2) is 0 Å². The van der Waals surface area contributed by atoms with E-state index in [1.807, 2.05) is 44.2 Å². The third-order valence-corrected chi connectivity index (χ3v) is 3.54. The fourth-order valence-electron chi connectivity index (χ4n) is 2.03. The minimum atomic E-state index is -0.447. The molecule has 0 bridgehead atoms. The Morgan fingerprint density at radius 2 is 2.11 bits per heavy atom. The second-order valence-electron chi connectivity index (χ2n) is 4.83. The zero-order chi connectivity index (χ0) is 14.0. The van der Waals surface area contributed by atoms with Gasteiger partial charge in [0.05, 0.1) is 12.1 Å². The number of carbonyl (C=O) groups excluding carboxylic acids is 1. The van der Waals surface area contributed by atoms with Gasteiger partial charge in [0, 0.05) is 12.4 Å². The Balaban J connectivity index is 2.23. The van der Waals surface area contributed by atoms with Gasteiger partial charge in [0.2, 0.25) is 5.91 Å². The molecule has 2 atom stereocenters. The standard InChI is InChI=1S/C15H20N2O2/c1-4-12(16)15(18)17(3)10(2)14-9-11-7-5-6-8-13(11)19-14/h5-10,12H,4,16H2,1-3H3. The molecule has 0 fully saturated rings. The van der Waals surface area contributed by atoms with Crippen molar-refractivity contribution in [1.82, 2.24) is 4.90 Å². The van der Waals surface area contributed by atoms with E-state index in [-0.39, 0.29) is 11.9 Å². The van der Waals surface area contributed by atoms with E-state index in [0.717, 1.165) is 16.7 Å². The van der Waals surface area contributed by atoms with Gasteiger partial charge in [-0.3, -0.25) is 4.79 Å². The van der Waals surface area contributed by atoms with Crippen molar-refractivity contribution in [3.8, 4) is 0 Å². The van der Waals surface area contributed by atoms with Crippen molar-refractivity contribution in [2.24, 2.45) is 5.73 Å². The maximum absolute atomic E-state index is 12.1. The molecule has 0 radical (unpaired) electrons. The number of rotatable bonds is 4. The summed E-state index contributed by atoms with van der Waals surface area (Å²) in [5.41, 5.74) is 6.62. The molecule has 4 heteroatoms. The van der Waals surface area contributed by atoms with Gasteiger partial charge in [-0.05, 0) is 25.5 Å². The predicted molar refractivity (Wildman–Crippen MR) is 75.7 cm³/mol. The highest BCUT2D eigenvalue weighted by Gasteiger charge is 2.23. The Morgan fingerprint density at radius 1 is 1.42 bits per heavy atom. The van der Waals surface area contributed by atoms with Gasteiger partial charge < -0.3 is 15.1 Å². The number of para-hydroxylation sites is 1. The largest absolute Gasteiger partial charge is 0.459 e. The van der Waals surface area contributed by atoms with Crippen LogP contribution in [0.15, 0.2) is 34.7 Å². The third-order valence-electron chi connectivity index (χ3n) is 3.54. The van der Waals surface area contributed by atoms with Gasteiger partial charge in [-0.2, -0.15) is 0 Å². The topological polar surface area (TPSA) is 59.5 Å². The van der Waals surface area contributed by atoms with Crippen LogP contribution >= 0.6 is 0 Å². The summed E-state index contributed by atoms with van der Waals surface area (Å²) < 4.78 is 5.78. The summed E-state index contributed by atoms with van der Waals surface area (Å²) in [5, 5.41) is 1.05. The molecule has 0 saturated carbocycles. The smallest absolute Gasteiger partial charge is 0.239 e. The molecule has 2 aromatic rings. The average molecular weight is 260 g/mol. The van der Waals surface area contributed by atoms with Crippen LogP contribution in [0, 0.1) is 0 Å². The molecule has 2 unspecified atom stereocenters. The summed E-state index contributed by atoms with van der Waals surface area (Å²) in [4.78, 5) is 13.7. The lowest BCUT2D eigenvalue weighted by Gasteiger charge is -2.25. The summed E-state index contributed by atoms with van der Waals surface area (Å²) in [5.74, 6) is 0.718. The number of benzene rings is 1. The molecule has 1 amide bonds. The monoisotopic (exact) mass is 260 g/mol. The number of fused-ring (bicyclic) bond motifs is 1. The molecule has 0 aliphatic rings. The molecule has 0 spiro atoms. The van der Waals surface area contributed by atoms with E-state index in [2.05, 4.69) is 0 Å². The second kappa shape index (κ2) is 5.45. The van der Waals surface area contributed by atoms with Crippen molar-refractivity contribution in [3.05, 3.63) is 36.1 Å². The van der Waals surface area contributed by atoms with Gasteiger partial charge >= 0.3 is 0 Å². The van der Waals surface area contributed by atoms with Crippen molar-refractivity contribution >= 4 is 16.9 Å². The lowest BCUT2D eigenvalue weighted by molar-refractivity contribution is -0.133. The minimum Gasteiger partial charge on any atom is -0.459 e. The summed E-state index contributed by atoms with van der Waals surface area (Å²) in [6.45, 7) is 3.85. The van der Waals surface area contributed by atoms with Crippen LogP contribution in [0.4, 0.5) is 0 Å². The number of amides is 1. The summed E-state index contributed by atoms with van der Waals surface area (Å²) in [6.07, 6.45) is 0.635. The highest BCUT2D eigenvalue weighted by Crippen LogP contribution is 2.26. The molecule has 0 aliphatic carbocycles. The Hall–Kier alpha value is -1.81. The zero-order valence-corrected chi connectivity index (χ0v) is 11.6. The normalized spacial score (nSPS) is 14.3. The first-order chi connectivity index (χ1) is 9.04. The molecule has 102 valence electrons. The molecule has 19 heavy (non-hydrogen) atoms. The van der Waals surface area contributed by atoms with Crippen LogP contribution in [0.5, 0.6) is 0 Å². The molecule has 0 saturated heterocycles. The number of furan rings is 1. The summed E-state index contributed by atoms with van der Waals surface area (Å²) >= 11 is 0. The maximum Gasteiger partial charge on any atom is 0.239 e. The Bertz CT molecular complexity index is 543. The number of hydrogen-bond acceptors (Lipinski definition) is 3. The minimum absolute atomic E-state index is 0.0598. The van der Waals surface area contributed by atoms with Crippen molar-refractivity contribution in [2.45, 2.75) is 32.4 Å². The lowest BCUT2D eigenvalue weighted by atomic mass is 10.1. The van der Waals surface area contributed by atoms with Gasteiger partial charge in [-0.1, -0.05) is 25.1 Å². The second-order valence-corrected chi connectivity index (χ2v) is 4.83. The van der Waals surface area contributed by atoms with Crippen LogP contribution < -0.4 is 5.73 Å². The molecular weight excluding hydrogens is 240 g/mol. The SMILES string of the molecule is CCC(N)C(=O)N(C)C(C)c1cc2ccccc2o1. The van der Waals surface area contributed by atoms with E-state index in [0.29, 0.717) is 6.42 Å². The molecule has 1 aromatic heterocycles. The average Bonchev–Trinajstić information content (AvgIpc) is 2.87. The van der Waals surface area contributed by atoms with Gasteiger partial charge in [0.1, 0.15) is 11.3 Å². The highest BCUT2D eigenvalue weighted by molar-refractivity contribution is 5.82. The first-order valence-electron chi connectivity index (χ1n) is 6.55. The van der Waals surface area contributed by atoms with Crippen molar-refractivity contribution < 1.29 is 9.21 Å². The number of carbonyl (C=O) groups is 1. The van der Waals surface area contributed by atoms with Crippen molar-refractivity contribution in [1.29, 1.82) is 0 Å². The van der Waals surface area contributed by atoms with E-state index in [1.165, 1.54) is 0 Å². The number of nitrogens with zero attached hydrogens (tertiary/aromatic N) is 1. The molecule has 4 nitrogen and oxygen atoms in total. The fourth-order valence-corrected chi connectivity index (χ4v) is 2.03. The first kappa shape index (κ1) is 13.6. The third kappa shape index (κ3) is 2.63. The molecule has 1 aromatic carbocycles. The molecule has 1 heterocycles. The van der Waals surface area contributed by atoms with Crippen LogP contribution in [-0.4, -0.2) is 23.9 Å². The summed E-state index contributed by atoms with van der Waals surface area (Å²) in [6, 6.07) is 9.21. The quantitative estimate of drug-likeness (QED) is 0.919. The van der Waals surface area contributed by atoms with Crippen LogP contribution in [-0.2, 0) is 4.79 Å². The van der Waals surface area contributed by atoms with Crippen LogP contribution in [0.3, 0.4) is 0 Å². The number of likely N-dealkylation sites (N-methyl/N-ethyl adjacent to an activating group) is 1. The number of hydrogen-bond donors (Lipinski definition) is 1. The maximum atomic E-state index is 12.1. The van der Waals surface area contributed by atoms with E-state index < -0.39 is 6.04 Å². The van der Waals surface area contributed by atoms with Crippen molar-refractivity contribution in [3.63, 3.8) is 0 Å². The van der Waals surface area contributed by atoms with Gasteiger partial charge in [-0.15, -0.1) is 0 Å². The van der Waals surface area contributed by atoms with Crippen LogP contribution in [0.1, 0.15) is 32.1 Å². The van der Waals surface area contributed by atoms with Crippen LogP contribution in [0.25, 0.3) is 11.0 Å². The molecule has 2 N–H and O–H groups in total. The van der Waals surface area contributed by atoms with E-state index in [4.69, 9.17) is 10.2 Å². The van der Waals surface area contributed by atoms with Gasteiger partial charge in [0.25, 0.3) is 0 Å². The first-order valence-corrected chi connectivity index (χ1v) is 6.55. The molecular formula is C15H20N2O2. The Morgan fingerprint density at radius 3 is 2.74 bits per heavy atom. The molecule has 0 aliphatic heterocycles. The predicted octanol–water partition coefficient (Wildman–Crippen LogP) is 2.69. The van der Waals surface area contributed by atoms with E-state index in [1.54, 1.807) is 11.9 Å². The lowest BCUT2D eigenvalue weighted by Crippen LogP contribution is -2.42. The Kier molecular flexibility index (Phi) is 3.90. The van der Waals surface area contributed by atoms with E-state index in [9.17, 15) is 4.79 Å². The van der Waals surface area contributed by atoms with Gasteiger partial charge in [-0.25, -0.2) is 0 Å². The Labute approximate surface area is 113 Å².